The molecule has 0 amide bonds. The number of aryl methyl sites for hydroxylation is 1. The summed E-state index contributed by atoms with van der Waals surface area (Å²) in [5.41, 5.74) is 2.37. The third-order valence-electron chi connectivity index (χ3n) is 3.71. The quantitative estimate of drug-likeness (QED) is 0.768. The Bertz CT molecular complexity index is 394. The number of rotatable bonds is 2. The fraction of sp³-hybridized carbons (Fsp3) is 0.467. The molecule has 1 aromatic rings. The summed E-state index contributed by atoms with van der Waals surface area (Å²) in [4.78, 5) is 0. The Hall–Kier alpha value is -1.12. The largest absolute Gasteiger partial charge is 0.396 e. The van der Waals surface area contributed by atoms with Gasteiger partial charge >= 0.3 is 0 Å². The van der Waals surface area contributed by atoms with Crippen molar-refractivity contribution in [1.29, 1.82) is 0 Å². The zero-order chi connectivity index (χ0) is 12.4. The summed E-state index contributed by atoms with van der Waals surface area (Å²) in [6.45, 7) is 4.17. The fourth-order valence-corrected chi connectivity index (χ4v) is 2.59. The second kappa shape index (κ2) is 5.03. The lowest BCUT2D eigenvalue weighted by Crippen LogP contribution is -2.35. The highest BCUT2D eigenvalue weighted by molar-refractivity contribution is 5.28. The predicted molar refractivity (Wildman–Crippen MR) is 68.8 cm³/mol. The third-order valence-corrected chi connectivity index (χ3v) is 3.71. The molecule has 0 saturated carbocycles. The van der Waals surface area contributed by atoms with Gasteiger partial charge in [0.25, 0.3) is 0 Å². The van der Waals surface area contributed by atoms with Gasteiger partial charge in [-0.05, 0) is 18.4 Å². The molecule has 0 heterocycles. The summed E-state index contributed by atoms with van der Waals surface area (Å²) in [6, 6.07) is 8.29. The van der Waals surface area contributed by atoms with E-state index in [9.17, 15) is 10.2 Å². The van der Waals surface area contributed by atoms with Crippen LogP contribution >= 0.6 is 0 Å². The minimum Gasteiger partial charge on any atom is -0.396 e. The molecule has 1 aliphatic carbocycles. The number of aliphatic hydroxyl groups excluding tert-OH is 2. The lowest BCUT2D eigenvalue weighted by molar-refractivity contribution is 0.0515. The minimum absolute atomic E-state index is 0.00669. The van der Waals surface area contributed by atoms with Gasteiger partial charge in [-0.25, -0.2) is 0 Å². The molecule has 4 atom stereocenters. The molecule has 17 heavy (non-hydrogen) atoms. The van der Waals surface area contributed by atoms with Crippen LogP contribution in [-0.2, 0) is 0 Å². The Labute approximate surface area is 103 Å². The van der Waals surface area contributed by atoms with Gasteiger partial charge in [0.15, 0.2) is 0 Å². The van der Waals surface area contributed by atoms with E-state index in [4.69, 9.17) is 0 Å². The van der Waals surface area contributed by atoms with E-state index in [1.54, 1.807) is 0 Å². The van der Waals surface area contributed by atoms with Crippen molar-refractivity contribution in [3.8, 4) is 0 Å². The van der Waals surface area contributed by atoms with Crippen molar-refractivity contribution in [3.05, 3.63) is 47.5 Å². The molecule has 0 aliphatic heterocycles. The number of hydrogen-bond donors (Lipinski definition) is 2. The van der Waals surface area contributed by atoms with E-state index < -0.39 is 6.10 Å². The first-order valence-corrected chi connectivity index (χ1v) is 6.17. The number of benzene rings is 1. The fourth-order valence-electron chi connectivity index (χ4n) is 2.59. The maximum Gasteiger partial charge on any atom is 0.0698 e. The molecular formula is C15H20O2. The third kappa shape index (κ3) is 2.43. The van der Waals surface area contributed by atoms with Crippen LogP contribution in [0.2, 0.25) is 0 Å². The van der Waals surface area contributed by atoms with Crippen molar-refractivity contribution < 1.29 is 10.2 Å². The molecular weight excluding hydrogens is 212 g/mol. The zero-order valence-electron chi connectivity index (χ0n) is 10.4. The highest BCUT2D eigenvalue weighted by Crippen LogP contribution is 2.36. The second-order valence-electron chi connectivity index (χ2n) is 5.02. The summed E-state index contributed by atoms with van der Waals surface area (Å²) >= 11 is 0. The van der Waals surface area contributed by atoms with Gasteiger partial charge in [-0.1, -0.05) is 48.9 Å². The van der Waals surface area contributed by atoms with Gasteiger partial charge in [0.1, 0.15) is 0 Å². The smallest absolute Gasteiger partial charge is 0.0698 e. The van der Waals surface area contributed by atoms with Crippen LogP contribution < -0.4 is 0 Å². The second-order valence-corrected chi connectivity index (χ2v) is 5.02. The van der Waals surface area contributed by atoms with Crippen molar-refractivity contribution in [3.63, 3.8) is 0 Å². The van der Waals surface area contributed by atoms with Crippen molar-refractivity contribution in [2.24, 2.45) is 11.8 Å². The van der Waals surface area contributed by atoms with Gasteiger partial charge in [-0.15, -0.1) is 0 Å². The van der Waals surface area contributed by atoms with E-state index in [2.05, 4.69) is 44.2 Å². The maximum atomic E-state index is 10.3. The monoisotopic (exact) mass is 232 g/mol. The van der Waals surface area contributed by atoms with Crippen LogP contribution in [0.1, 0.15) is 24.0 Å². The van der Waals surface area contributed by atoms with Crippen LogP contribution in [0.3, 0.4) is 0 Å². The molecule has 0 unspecified atom stereocenters. The summed E-state index contributed by atoms with van der Waals surface area (Å²) in [5, 5.41) is 19.6. The Morgan fingerprint density at radius 3 is 2.35 bits per heavy atom. The Morgan fingerprint density at radius 1 is 1.12 bits per heavy atom. The van der Waals surface area contributed by atoms with Gasteiger partial charge in [-0.3, -0.25) is 0 Å². The van der Waals surface area contributed by atoms with Gasteiger partial charge in [0.2, 0.25) is 0 Å². The number of hydrogen-bond acceptors (Lipinski definition) is 2. The van der Waals surface area contributed by atoms with Crippen LogP contribution in [0, 0.1) is 18.8 Å². The standard InChI is InChI=1S/C15H20O2/c1-10-3-6-12(7-4-10)14-11(2)5-8-13(9-16)15(14)17/h3-8,11,13-17H,9H2,1-2H3/t11-,13-,14+,15-/m1/s1. The molecule has 0 radical (unpaired) electrons. The van der Waals surface area contributed by atoms with Gasteiger partial charge < -0.3 is 10.2 Å². The molecule has 0 fully saturated rings. The molecule has 2 heteroatoms. The Balaban J connectivity index is 2.30. The predicted octanol–water partition coefficient (Wildman–Crippen LogP) is 2.25. The van der Waals surface area contributed by atoms with Crippen molar-refractivity contribution in [1.82, 2.24) is 0 Å². The topological polar surface area (TPSA) is 40.5 Å². The van der Waals surface area contributed by atoms with E-state index in [1.165, 1.54) is 5.56 Å². The van der Waals surface area contributed by atoms with E-state index >= 15 is 0 Å². The van der Waals surface area contributed by atoms with E-state index in [0.717, 1.165) is 5.56 Å². The molecule has 0 spiro atoms. The first-order chi connectivity index (χ1) is 8.13. The molecule has 0 bridgehead atoms. The average Bonchev–Trinajstić information content (AvgIpc) is 2.32. The number of allylic oxidation sites excluding steroid dienone is 1. The molecule has 1 aliphatic rings. The highest BCUT2D eigenvalue weighted by Gasteiger charge is 2.33. The normalized spacial score (nSPS) is 32.7. The zero-order valence-corrected chi connectivity index (χ0v) is 10.4. The van der Waals surface area contributed by atoms with E-state index in [-0.39, 0.29) is 18.4 Å². The summed E-state index contributed by atoms with van der Waals surface area (Å²) < 4.78 is 0. The Morgan fingerprint density at radius 2 is 1.76 bits per heavy atom. The average molecular weight is 232 g/mol. The molecule has 0 saturated heterocycles. The van der Waals surface area contributed by atoms with Crippen LogP contribution in [0.25, 0.3) is 0 Å². The molecule has 1 aromatic carbocycles. The lowest BCUT2D eigenvalue weighted by atomic mass is 9.74. The van der Waals surface area contributed by atoms with Crippen molar-refractivity contribution in [2.45, 2.75) is 25.9 Å². The van der Waals surface area contributed by atoms with Crippen LogP contribution in [0.4, 0.5) is 0 Å². The van der Waals surface area contributed by atoms with Gasteiger partial charge in [-0.2, -0.15) is 0 Å². The van der Waals surface area contributed by atoms with Gasteiger partial charge in [0, 0.05) is 11.8 Å². The van der Waals surface area contributed by atoms with Crippen LogP contribution in [0.15, 0.2) is 36.4 Å². The van der Waals surface area contributed by atoms with Gasteiger partial charge in [0.05, 0.1) is 12.7 Å². The number of aliphatic hydroxyl groups is 2. The highest BCUT2D eigenvalue weighted by atomic mass is 16.3. The minimum atomic E-state index is -0.497. The lowest BCUT2D eigenvalue weighted by Gasteiger charge is -2.34. The first-order valence-electron chi connectivity index (χ1n) is 6.17. The van der Waals surface area contributed by atoms with E-state index in [0.29, 0.717) is 5.92 Å². The maximum absolute atomic E-state index is 10.3. The van der Waals surface area contributed by atoms with Crippen molar-refractivity contribution in [2.75, 3.05) is 6.61 Å². The van der Waals surface area contributed by atoms with E-state index in [1.807, 2.05) is 6.08 Å². The van der Waals surface area contributed by atoms with Crippen molar-refractivity contribution >= 4 is 0 Å². The molecule has 2 nitrogen and oxygen atoms in total. The molecule has 92 valence electrons. The summed E-state index contributed by atoms with van der Waals surface area (Å²) in [6.07, 6.45) is 3.53. The van der Waals surface area contributed by atoms with Crippen LogP contribution in [0.5, 0.6) is 0 Å². The summed E-state index contributed by atoms with van der Waals surface area (Å²) in [7, 11) is 0. The molecule has 2 N–H and O–H groups in total. The van der Waals surface area contributed by atoms with Crippen LogP contribution in [-0.4, -0.2) is 22.9 Å². The first kappa shape index (κ1) is 12.3. The Kier molecular flexibility index (Phi) is 3.65. The SMILES string of the molecule is Cc1ccc([C@H]2[C@H](O)[C@@H](CO)C=C[C@H]2C)cc1. The molecule has 0 aromatic heterocycles. The molecule has 2 rings (SSSR count). The summed E-state index contributed by atoms with van der Waals surface area (Å²) in [5.74, 6) is 0.241.